The van der Waals surface area contributed by atoms with E-state index < -0.39 is 16.4 Å². The van der Waals surface area contributed by atoms with E-state index in [9.17, 15) is 9.59 Å². The number of hydrogen-bond donors (Lipinski definition) is 2. The van der Waals surface area contributed by atoms with Crippen LogP contribution in [0.15, 0.2) is 131 Å². The van der Waals surface area contributed by atoms with E-state index in [1.807, 2.05) is 121 Å². The Morgan fingerprint density at radius 3 is 1.62 bits per heavy atom. The average molecular weight is 654 g/mol. The van der Waals surface area contributed by atoms with Gasteiger partial charge in [-0.25, -0.2) is 4.98 Å². The molecule has 0 bridgehead atoms. The Labute approximate surface area is 264 Å². The SMILES string of the molecule is CC(=O)N[C@H](Sc1nc(-c2ccccc2)[nH]c(=O)c1[P+](c1ccccc1)(c1ccccc1)c1ccccc1)C(Cl)(Cl)Cl. The molecular weight excluding hydrogens is 628 g/mol. The molecule has 2 N–H and O–H groups in total. The molecule has 0 saturated heterocycles. The van der Waals surface area contributed by atoms with E-state index in [4.69, 9.17) is 39.8 Å². The van der Waals surface area contributed by atoms with Gasteiger partial charge in [0.15, 0.2) is 7.26 Å². The van der Waals surface area contributed by atoms with Crippen molar-refractivity contribution >= 4 is 81.0 Å². The first-order valence-corrected chi connectivity index (χ1v) is 16.8. The number of aromatic amines is 1. The number of hydrogen-bond acceptors (Lipinski definition) is 4. The van der Waals surface area contributed by atoms with Gasteiger partial charge < -0.3 is 10.3 Å². The summed E-state index contributed by atoms with van der Waals surface area (Å²) in [6, 6.07) is 39.2. The first kappa shape index (κ1) is 30.3. The van der Waals surface area contributed by atoms with Gasteiger partial charge in [0.05, 0.1) is 0 Å². The number of H-pyrrole nitrogens is 1. The number of halogens is 3. The lowest BCUT2D eigenvalue weighted by atomic mass is 10.2. The second-order valence-electron chi connectivity index (χ2n) is 9.35. The Morgan fingerprint density at radius 1 is 0.786 bits per heavy atom. The molecule has 10 heteroatoms. The van der Waals surface area contributed by atoms with E-state index in [0.717, 1.165) is 33.2 Å². The number of nitrogens with zero attached hydrogens (tertiary/aromatic N) is 1. The molecule has 0 aliphatic heterocycles. The monoisotopic (exact) mass is 652 g/mol. The van der Waals surface area contributed by atoms with Crippen molar-refractivity contribution in [2.75, 3.05) is 0 Å². The zero-order valence-corrected chi connectivity index (χ0v) is 26.4. The Balaban J connectivity index is 1.92. The zero-order chi connectivity index (χ0) is 29.7. The summed E-state index contributed by atoms with van der Waals surface area (Å²) < 4.78 is -1.90. The summed E-state index contributed by atoms with van der Waals surface area (Å²) in [4.78, 5) is 34.9. The third kappa shape index (κ3) is 6.29. The number of alkyl halides is 3. The Morgan fingerprint density at radius 2 is 1.21 bits per heavy atom. The van der Waals surface area contributed by atoms with E-state index in [-0.39, 0.29) is 11.5 Å². The molecule has 0 saturated carbocycles. The van der Waals surface area contributed by atoms with E-state index in [2.05, 4.69) is 10.3 Å². The Hall–Kier alpha value is -3.12. The molecule has 0 unspecified atom stereocenters. The van der Waals surface area contributed by atoms with Crippen LogP contribution in [0.3, 0.4) is 0 Å². The average Bonchev–Trinajstić information content (AvgIpc) is 2.99. The van der Waals surface area contributed by atoms with E-state index in [0.29, 0.717) is 16.2 Å². The summed E-state index contributed by atoms with van der Waals surface area (Å²) in [7, 11) is -2.90. The molecular formula is C32H26Cl3N3O2PS+. The zero-order valence-electron chi connectivity index (χ0n) is 22.4. The van der Waals surface area contributed by atoms with Crippen LogP contribution in [-0.2, 0) is 4.79 Å². The highest BCUT2D eigenvalue weighted by atomic mass is 35.6. The summed E-state index contributed by atoms with van der Waals surface area (Å²) in [5.41, 5.74) is 0.401. The lowest BCUT2D eigenvalue weighted by Gasteiger charge is -2.29. The van der Waals surface area contributed by atoms with E-state index in [1.165, 1.54) is 6.92 Å². The molecule has 0 spiro atoms. The number of nitrogens with one attached hydrogen (secondary N) is 2. The Bertz CT molecular complexity index is 1620. The highest BCUT2D eigenvalue weighted by Gasteiger charge is 2.53. The van der Waals surface area contributed by atoms with Crippen molar-refractivity contribution in [1.82, 2.24) is 15.3 Å². The molecule has 42 heavy (non-hydrogen) atoms. The minimum absolute atomic E-state index is 0.317. The third-order valence-corrected chi connectivity index (χ3v) is 13.3. The van der Waals surface area contributed by atoms with Gasteiger partial charge >= 0.3 is 0 Å². The smallest absolute Gasteiger partial charge is 0.296 e. The van der Waals surface area contributed by atoms with Gasteiger partial charge in [-0.1, -0.05) is 131 Å². The predicted molar refractivity (Wildman–Crippen MR) is 179 cm³/mol. The third-order valence-electron chi connectivity index (χ3n) is 6.54. The fraction of sp³-hybridized carbons (Fsp3) is 0.0938. The number of thioether (sulfide) groups is 1. The topological polar surface area (TPSA) is 74.8 Å². The fourth-order valence-electron chi connectivity index (χ4n) is 4.82. The minimum Gasteiger partial charge on any atom is -0.340 e. The minimum atomic E-state index is -2.90. The molecule has 0 radical (unpaired) electrons. The maximum Gasteiger partial charge on any atom is 0.296 e. The quantitative estimate of drug-likeness (QED) is 0.0711. The number of aromatic nitrogens is 2. The largest absolute Gasteiger partial charge is 0.340 e. The Kier molecular flexibility index (Phi) is 9.41. The van der Waals surface area contributed by atoms with Crippen LogP contribution in [0.5, 0.6) is 0 Å². The van der Waals surface area contributed by atoms with Crippen LogP contribution in [0.4, 0.5) is 0 Å². The number of carbonyl (C=O) groups excluding carboxylic acids is 1. The van der Waals surface area contributed by atoms with Crippen molar-refractivity contribution in [2.24, 2.45) is 0 Å². The highest BCUT2D eigenvalue weighted by Crippen LogP contribution is 2.55. The van der Waals surface area contributed by atoms with Crippen molar-refractivity contribution < 1.29 is 4.79 Å². The van der Waals surface area contributed by atoms with Gasteiger partial charge in [0.2, 0.25) is 15.0 Å². The molecule has 1 aromatic heterocycles. The normalized spacial score (nSPS) is 12.5. The van der Waals surface area contributed by atoms with Crippen LogP contribution in [0.25, 0.3) is 11.4 Å². The second kappa shape index (κ2) is 13.0. The van der Waals surface area contributed by atoms with Crippen molar-refractivity contribution in [3.05, 3.63) is 132 Å². The van der Waals surface area contributed by atoms with Crippen molar-refractivity contribution in [3.8, 4) is 11.4 Å². The van der Waals surface area contributed by atoms with Crippen LogP contribution in [0.2, 0.25) is 0 Å². The number of amides is 1. The van der Waals surface area contributed by atoms with Crippen LogP contribution in [0, 0.1) is 0 Å². The second-order valence-corrected chi connectivity index (χ2v) is 16.2. The van der Waals surface area contributed by atoms with E-state index >= 15 is 0 Å². The van der Waals surface area contributed by atoms with Gasteiger partial charge in [-0.2, -0.15) is 0 Å². The van der Waals surface area contributed by atoms with Crippen LogP contribution >= 0.6 is 53.8 Å². The molecule has 1 amide bonds. The predicted octanol–water partition coefficient (Wildman–Crippen LogP) is 5.98. The van der Waals surface area contributed by atoms with Crippen LogP contribution in [0.1, 0.15) is 6.92 Å². The van der Waals surface area contributed by atoms with E-state index in [1.54, 1.807) is 0 Å². The number of carbonyl (C=O) groups is 1. The van der Waals surface area contributed by atoms with Crippen molar-refractivity contribution in [3.63, 3.8) is 0 Å². The van der Waals surface area contributed by atoms with Gasteiger partial charge in [-0.05, 0) is 36.4 Å². The molecule has 1 heterocycles. The van der Waals surface area contributed by atoms with Crippen LogP contribution in [-0.4, -0.2) is 25.0 Å². The van der Waals surface area contributed by atoms with Gasteiger partial charge in [-0.15, -0.1) is 0 Å². The summed E-state index contributed by atoms with van der Waals surface area (Å²) in [6.45, 7) is 1.35. The molecule has 212 valence electrons. The van der Waals surface area contributed by atoms with Crippen LogP contribution < -0.4 is 32.1 Å². The van der Waals surface area contributed by atoms with Gasteiger partial charge in [0.1, 0.15) is 32.1 Å². The van der Waals surface area contributed by atoms with Gasteiger partial charge in [0.25, 0.3) is 5.56 Å². The maximum absolute atomic E-state index is 14.6. The molecule has 0 aliphatic carbocycles. The summed E-state index contributed by atoms with van der Waals surface area (Å²) in [5, 5.41) is 5.35. The molecule has 1 atom stereocenters. The standard InChI is InChI=1S/C32H25Cl3N3O2PS/c1-22(39)36-31(32(33,34)35)42-30-27(29(40)37-28(38-30)23-14-6-2-7-15-23)41(24-16-8-3-9-17-24,25-18-10-4-11-19-25)26-20-12-5-13-21-26/h2-21,31H,1H3,(H-,36,37,38,39,40)/p+1/t31-/m1/s1. The summed E-state index contributed by atoms with van der Waals surface area (Å²) in [5.74, 6) is -0.0197. The van der Waals surface area contributed by atoms with Gasteiger partial charge in [-0.3, -0.25) is 9.59 Å². The number of benzene rings is 4. The summed E-state index contributed by atoms with van der Waals surface area (Å²) >= 11 is 20.2. The molecule has 5 nitrogen and oxygen atoms in total. The molecule has 5 rings (SSSR count). The first-order chi connectivity index (χ1) is 20.2. The van der Waals surface area contributed by atoms with Crippen molar-refractivity contribution in [1.29, 1.82) is 0 Å². The first-order valence-electron chi connectivity index (χ1n) is 13.0. The molecule has 0 aliphatic rings. The summed E-state index contributed by atoms with van der Waals surface area (Å²) in [6.07, 6.45) is 0. The lowest BCUT2D eigenvalue weighted by molar-refractivity contribution is -0.119. The fourth-order valence-corrected chi connectivity index (χ4v) is 11.1. The molecule has 0 fully saturated rings. The molecule has 4 aromatic carbocycles. The number of rotatable bonds is 8. The molecule has 5 aromatic rings. The lowest BCUT2D eigenvalue weighted by Crippen LogP contribution is -2.48. The maximum atomic E-state index is 14.6. The van der Waals surface area contributed by atoms with Crippen molar-refractivity contribution in [2.45, 2.75) is 21.1 Å². The highest BCUT2D eigenvalue weighted by molar-refractivity contribution is 8.04. The van der Waals surface area contributed by atoms with Gasteiger partial charge in [0, 0.05) is 12.5 Å².